The van der Waals surface area contributed by atoms with Crippen molar-refractivity contribution >= 4 is 40.5 Å². The molecule has 1 aromatic carbocycles. The minimum atomic E-state index is -4.69. The summed E-state index contributed by atoms with van der Waals surface area (Å²) >= 11 is 5.68. The van der Waals surface area contributed by atoms with Gasteiger partial charge in [0.2, 0.25) is 0 Å². The first-order valence-corrected chi connectivity index (χ1v) is 11.8. The van der Waals surface area contributed by atoms with Crippen LogP contribution in [0.15, 0.2) is 60.2 Å². The number of ether oxygens (including phenoxy) is 1. The fourth-order valence-corrected chi connectivity index (χ4v) is 3.84. The number of benzene rings is 1. The van der Waals surface area contributed by atoms with E-state index < -0.39 is 29.4 Å². The van der Waals surface area contributed by atoms with E-state index in [1.165, 1.54) is 24.5 Å². The van der Waals surface area contributed by atoms with Crippen LogP contribution in [0.25, 0.3) is 0 Å². The first kappa shape index (κ1) is 27.8. The summed E-state index contributed by atoms with van der Waals surface area (Å²) in [6.45, 7) is -0.141. The molecule has 14 heteroatoms. The van der Waals surface area contributed by atoms with Crippen LogP contribution in [0.3, 0.4) is 0 Å². The molecule has 1 aliphatic heterocycles. The van der Waals surface area contributed by atoms with Crippen molar-refractivity contribution in [3.63, 3.8) is 0 Å². The summed E-state index contributed by atoms with van der Waals surface area (Å²) in [4.78, 5) is 33.2. The Morgan fingerprint density at radius 1 is 1.10 bits per heavy atom. The third-order valence-electron chi connectivity index (χ3n) is 5.57. The molecule has 0 radical (unpaired) electrons. The summed E-state index contributed by atoms with van der Waals surface area (Å²) in [5.74, 6) is -1.99. The molecule has 0 spiro atoms. The summed E-state index contributed by atoms with van der Waals surface area (Å²) < 4.78 is 60.0. The van der Waals surface area contributed by atoms with E-state index in [9.17, 15) is 27.2 Å². The van der Waals surface area contributed by atoms with Crippen molar-refractivity contribution in [3.05, 3.63) is 87.9 Å². The second kappa shape index (κ2) is 11.7. The smallest absolute Gasteiger partial charge is 0.397 e. The maximum atomic E-state index is 14.7. The van der Waals surface area contributed by atoms with Gasteiger partial charge in [0.25, 0.3) is 11.8 Å². The largest absolute Gasteiger partial charge is 0.418 e. The van der Waals surface area contributed by atoms with E-state index in [1.54, 1.807) is 0 Å². The molecule has 0 saturated carbocycles. The van der Waals surface area contributed by atoms with E-state index in [2.05, 4.69) is 25.9 Å². The lowest BCUT2D eigenvalue weighted by Gasteiger charge is -2.21. The minimum Gasteiger partial charge on any atom is -0.397 e. The average molecular weight is 565 g/mol. The normalized spacial score (nSPS) is 13.7. The Kier molecular flexibility index (Phi) is 8.31. The van der Waals surface area contributed by atoms with E-state index in [0.717, 1.165) is 24.4 Å². The van der Waals surface area contributed by atoms with Crippen LogP contribution in [-0.2, 0) is 22.3 Å². The summed E-state index contributed by atoms with van der Waals surface area (Å²) in [6, 6.07) is 5.53. The predicted octanol–water partition coefficient (Wildman–Crippen LogP) is 4.33. The molecule has 0 saturated heterocycles. The minimum absolute atomic E-state index is 0.0418. The topological polar surface area (TPSA) is 131 Å². The van der Waals surface area contributed by atoms with Crippen molar-refractivity contribution in [2.75, 3.05) is 24.3 Å². The van der Waals surface area contributed by atoms with E-state index in [4.69, 9.17) is 22.1 Å². The van der Waals surface area contributed by atoms with Gasteiger partial charge in [0, 0.05) is 35.6 Å². The molecular weight excluding hydrogens is 544 g/mol. The van der Waals surface area contributed by atoms with Crippen LogP contribution >= 0.6 is 11.6 Å². The monoisotopic (exact) mass is 564 g/mol. The van der Waals surface area contributed by atoms with Crippen LogP contribution in [0, 0.1) is 5.82 Å². The fraction of sp³-hybridized carbons (Fsp3) is 0.200. The van der Waals surface area contributed by atoms with Crippen molar-refractivity contribution in [1.82, 2.24) is 20.6 Å². The number of hydrogen-bond donors (Lipinski definition) is 4. The van der Waals surface area contributed by atoms with Gasteiger partial charge in [-0.25, -0.2) is 4.39 Å². The Morgan fingerprint density at radius 3 is 2.62 bits per heavy atom. The number of nitrogens with zero attached hydrogens (tertiary/aromatic N) is 2. The van der Waals surface area contributed by atoms with Crippen molar-refractivity contribution < 1.29 is 31.9 Å². The molecule has 4 rings (SSSR count). The molecule has 3 aromatic rings. The Morgan fingerprint density at radius 2 is 1.90 bits per heavy atom. The SMILES string of the molecule is Nc1cncc(C(=O)NC2=C(C(=O)NCc3ncc(Nc4ccc(Cl)cc4C(F)(F)F)cc3F)COCC2)c1. The molecule has 3 heterocycles. The van der Waals surface area contributed by atoms with Gasteiger partial charge in [0.05, 0.1) is 65.4 Å². The van der Waals surface area contributed by atoms with Gasteiger partial charge in [-0.05, 0) is 24.3 Å². The number of hydrogen-bond acceptors (Lipinski definition) is 7. The number of nitrogens with two attached hydrogens (primary N) is 1. The highest BCUT2D eigenvalue weighted by Gasteiger charge is 2.34. The molecule has 2 amide bonds. The van der Waals surface area contributed by atoms with E-state index in [1.807, 2.05) is 0 Å². The first-order chi connectivity index (χ1) is 18.5. The van der Waals surface area contributed by atoms with Gasteiger partial charge in [0.15, 0.2) is 0 Å². The molecule has 2 aromatic heterocycles. The number of rotatable bonds is 7. The van der Waals surface area contributed by atoms with Crippen LogP contribution in [0.1, 0.15) is 28.0 Å². The Labute approximate surface area is 224 Å². The molecule has 5 N–H and O–H groups in total. The van der Waals surface area contributed by atoms with Crippen LogP contribution < -0.4 is 21.7 Å². The molecule has 204 valence electrons. The molecule has 0 atom stereocenters. The van der Waals surface area contributed by atoms with Crippen LogP contribution in [0.2, 0.25) is 5.02 Å². The molecule has 0 bridgehead atoms. The molecule has 0 unspecified atom stereocenters. The van der Waals surface area contributed by atoms with Gasteiger partial charge < -0.3 is 26.4 Å². The number of nitrogens with one attached hydrogen (secondary N) is 3. The number of anilines is 3. The second-order valence-electron chi connectivity index (χ2n) is 8.37. The third kappa shape index (κ3) is 7.00. The van der Waals surface area contributed by atoms with Gasteiger partial charge >= 0.3 is 6.18 Å². The molecule has 39 heavy (non-hydrogen) atoms. The Balaban J connectivity index is 1.44. The second-order valence-corrected chi connectivity index (χ2v) is 8.81. The maximum absolute atomic E-state index is 14.7. The number of aromatic nitrogens is 2. The highest BCUT2D eigenvalue weighted by molar-refractivity contribution is 6.30. The Hall–Kier alpha value is -4.23. The quantitative estimate of drug-likeness (QED) is 0.314. The Bertz CT molecular complexity index is 1450. The van der Waals surface area contributed by atoms with E-state index in [-0.39, 0.29) is 59.4 Å². The molecule has 0 aliphatic carbocycles. The number of halogens is 5. The number of carbonyl (C=O) groups excluding carboxylic acids is 2. The summed E-state index contributed by atoms with van der Waals surface area (Å²) in [7, 11) is 0. The predicted molar refractivity (Wildman–Crippen MR) is 134 cm³/mol. The number of nitrogen functional groups attached to an aromatic ring is 1. The highest BCUT2D eigenvalue weighted by atomic mass is 35.5. The zero-order valence-corrected chi connectivity index (χ0v) is 20.8. The van der Waals surface area contributed by atoms with Gasteiger partial charge in [-0.1, -0.05) is 11.6 Å². The van der Waals surface area contributed by atoms with E-state index >= 15 is 0 Å². The average Bonchev–Trinajstić information content (AvgIpc) is 2.89. The van der Waals surface area contributed by atoms with Crippen LogP contribution in [-0.4, -0.2) is 35.0 Å². The van der Waals surface area contributed by atoms with Crippen molar-refractivity contribution in [2.45, 2.75) is 19.1 Å². The van der Waals surface area contributed by atoms with Crippen molar-refractivity contribution in [3.8, 4) is 0 Å². The van der Waals surface area contributed by atoms with Crippen LogP contribution in [0.4, 0.5) is 34.6 Å². The van der Waals surface area contributed by atoms with Gasteiger partial charge in [0.1, 0.15) is 5.82 Å². The highest BCUT2D eigenvalue weighted by Crippen LogP contribution is 2.37. The van der Waals surface area contributed by atoms with Crippen LogP contribution in [0.5, 0.6) is 0 Å². The lowest BCUT2D eigenvalue weighted by molar-refractivity contribution is -0.137. The summed E-state index contributed by atoms with van der Waals surface area (Å²) in [6.07, 6.45) is -0.592. The number of alkyl halides is 3. The number of pyridine rings is 2. The lowest BCUT2D eigenvalue weighted by Crippen LogP contribution is -2.35. The zero-order chi connectivity index (χ0) is 28.2. The van der Waals surface area contributed by atoms with Gasteiger partial charge in [-0.3, -0.25) is 19.6 Å². The number of amides is 2. The van der Waals surface area contributed by atoms with Gasteiger partial charge in [-0.15, -0.1) is 0 Å². The molecule has 0 fully saturated rings. The first-order valence-electron chi connectivity index (χ1n) is 11.4. The maximum Gasteiger partial charge on any atom is 0.418 e. The zero-order valence-electron chi connectivity index (χ0n) is 20.0. The third-order valence-corrected chi connectivity index (χ3v) is 5.80. The lowest BCUT2D eigenvalue weighted by atomic mass is 10.1. The fourth-order valence-electron chi connectivity index (χ4n) is 3.67. The van der Waals surface area contributed by atoms with Gasteiger partial charge in [-0.2, -0.15) is 13.2 Å². The van der Waals surface area contributed by atoms with Crippen molar-refractivity contribution in [1.29, 1.82) is 0 Å². The summed E-state index contributed by atoms with van der Waals surface area (Å²) in [5, 5.41) is 7.57. The van der Waals surface area contributed by atoms with E-state index in [0.29, 0.717) is 11.4 Å². The number of carbonyl (C=O) groups is 2. The standard InChI is InChI=1S/C25H21ClF4N6O3/c26-14-1-2-21(18(6-14)25(28,29)30)35-16-7-19(27)22(33-10-16)11-34-24(38)17-12-39-4-3-20(17)36-23(37)13-5-15(31)9-32-8-13/h1-2,5-10,35H,3-4,11-12,31H2,(H,34,38)(H,36,37). The summed E-state index contributed by atoms with van der Waals surface area (Å²) in [5.41, 5.74) is 5.09. The molecular formula is C25H21ClF4N6O3. The van der Waals surface area contributed by atoms with Crippen molar-refractivity contribution in [2.24, 2.45) is 0 Å². The molecule has 1 aliphatic rings. The molecule has 9 nitrogen and oxygen atoms in total.